The Hall–Kier alpha value is -2.14. The van der Waals surface area contributed by atoms with Gasteiger partial charge in [-0.25, -0.2) is 13.1 Å². The maximum Gasteiger partial charge on any atom is 0.227 e. The first kappa shape index (κ1) is 16.3. The Morgan fingerprint density at radius 1 is 1.36 bits per heavy atom. The molecule has 132 valence electrons. The fourth-order valence-corrected chi connectivity index (χ4v) is 4.45. The summed E-state index contributed by atoms with van der Waals surface area (Å²) in [5.74, 6) is 1.29. The lowest BCUT2D eigenvalue weighted by molar-refractivity contribution is 0.378. The Morgan fingerprint density at radius 3 is 3.00 bits per heavy atom. The highest BCUT2D eigenvalue weighted by molar-refractivity contribution is 7.90. The smallest absolute Gasteiger partial charge is 0.227 e. The Kier molecular flexibility index (Phi) is 4.34. The van der Waals surface area contributed by atoms with E-state index in [1.54, 1.807) is 4.68 Å². The van der Waals surface area contributed by atoms with Crippen LogP contribution in [-0.4, -0.2) is 44.5 Å². The van der Waals surface area contributed by atoms with Crippen molar-refractivity contribution in [3.8, 4) is 10.7 Å². The van der Waals surface area contributed by atoms with Crippen molar-refractivity contribution in [1.82, 2.24) is 30.3 Å². The van der Waals surface area contributed by atoms with E-state index in [-0.39, 0.29) is 17.5 Å². The molecule has 0 amide bonds. The molecule has 11 heteroatoms. The standard InChI is InChI=1S/C14H16N6O3S2/c21-25(22,9-12-16-18-19-20(12)10-5-6-10)8-2-4-13-15-14(17-23-13)11-3-1-7-24-11/h1,3,7,10H,2,4-6,8-9H2. The van der Waals surface area contributed by atoms with Crippen LogP contribution in [0.15, 0.2) is 22.0 Å². The first-order valence-electron chi connectivity index (χ1n) is 7.94. The van der Waals surface area contributed by atoms with Gasteiger partial charge in [0.05, 0.1) is 16.7 Å². The largest absolute Gasteiger partial charge is 0.339 e. The van der Waals surface area contributed by atoms with E-state index in [0.29, 0.717) is 30.4 Å². The minimum absolute atomic E-state index is 0.0290. The molecular formula is C14H16N6O3S2. The fraction of sp³-hybridized carbons (Fsp3) is 0.500. The third-order valence-electron chi connectivity index (χ3n) is 3.86. The number of sulfone groups is 1. The molecule has 0 aliphatic heterocycles. The summed E-state index contributed by atoms with van der Waals surface area (Å²) in [5.41, 5.74) is 0. The summed E-state index contributed by atoms with van der Waals surface area (Å²) in [4.78, 5) is 5.22. The maximum absolute atomic E-state index is 12.3. The maximum atomic E-state index is 12.3. The van der Waals surface area contributed by atoms with Crippen molar-refractivity contribution in [2.24, 2.45) is 0 Å². The van der Waals surface area contributed by atoms with Crippen LogP contribution in [0.2, 0.25) is 0 Å². The van der Waals surface area contributed by atoms with Gasteiger partial charge in [0.1, 0.15) is 5.75 Å². The van der Waals surface area contributed by atoms with Crippen LogP contribution in [0, 0.1) is 0 Å². The van der Waals surface area contributed by atoms with Crippen LogP contribution in [0.5, 0.6) is 0 Å². The second kappa shape index (κ2) is 6.64. The SMILES string of the molecule is O=S(=O)(CCCc1nc(-c2cccs2)no1)Cc1nnnn1C1CC1. The molecule has 3 aromatic rings. The van der Waals surface area contributed by atoms with Gasteiger partial charge in [-0.1, -0.05) is 11.2 Å². The monoisotopic (exact) mass is 380 g/mol. The molecule has 9 nitrogen and oxygen atoms in total. The van der Waals surface area contributed by atoms with Crippen LogP contribution < -0.4 is 0 Å². The zero-order valence-electron chi connectivity index (χ0n) is 13.3. The molecule has 0 saturated heterocycles. The Labute approximate surface area is 148 Å². The summed E-state index contributed by atoms with van der Waals surface area (Å²) in [5, 5.41) is 17.2. The summed E-state index contributed by atoms with van der Waals surface area (Å²) in [6.07, 6.45) is 2.84. The number of hydrogen-bond donors (Lipinski definition) is 0. The van der Waals surface area contributed by atoms with Gasteiger partial charge in [-0.05, 0) is 41.1 Å². The molecule has 1 saturated carbocycles. The highest BCUT2D eigenvalue weighted by Gasteiger charge is 2.29. The number of nitrogens with zero attached hydrogens (tertiary/aromatic N) is 6. The number of aryl methyl sites for hydroxylation is 1. The van der Waals surface area contributed by atoms with Crippen LogP contribution in [0.4, 0.5) is 0 Å². The lowest BCUT2D eigenvalue weighted by atomic mass is 10.3. The molecule has 0 bridgehead atoms. The van der Waals surface area contributed by atoms with Gasteiger partial charge in [-0.15, -0.1) is 16.4 Å². The van der Waals surface area contributed by atoms with Gasteiger partial charge in [0.15, 0.2) is 15.7 Å². The predicted molar refractivity (Wildman–Crippen MR) is 89.5 cm³/mol. The number of aromatic nitrogens is 6. The lowest BCUT2D eigenvalue weighted by Crippen LogP contribution is -2.14. The average Bonchev–Trinajstić information content (AvgIpc) is 2.99. The molecule has 0 atom stereocenters. The van der Waals surface area contributed by atoms with Gasteiger partial charge in [-0.2, -0.15) is 4.98 Å². The lowest BCUT2D eigenvalue weighted by Gasteiger charge is -2.04. The van der Waals surface area contributed by atoms with Gasteiger partial charge in [0.2, 0.25) is 11.7 Å². The summed E-state index contributed by atoms with van der Waals surface area (Å²) >= 11 is 1.53. The average molecular weight is 380 g/mol. The minimum atomic E-state index is -3.29. The number of rotatable bonds is 8. The third-order valence-corrected chi connectivity index (χ3v) is 6.33. The highest BCUT2D eigenvalue weighted by Crippen LogP contribution is 2.34. The molecule has 0 unspecified atom stereocenters. The van der Waals surface area contributed by atoms with Crippen molar-refractivity contribution >= 4 is 21.2 Å². The molecule has 0 N–H and O–H groups in total. The highest BCUT2D eigenvalue weighted by atomic mass is 32.2. The molecule has 3 aromatic heterocycles. The van der Waals surface area contributed by atoms with E-state index in [1.165, 1.54) is 11.3 Å². The zero-order valence-corrected chi connectivity index (χ0v) is 14.9. The van der Waals surface area contributed by atoms with E-state index in [0.717, 1.165) is 17.7 Å². The Balaban J connectivity index is 1.32. The van der Waals surface area contributed by atoms with Gasteiger partial charge >= 0.3 is 0 Å². The molecule has 1 aliphatic carbocycles. The van der Waals surface area contributed by atoms with Crippen molar-refractivity contribution in [1.29, 1.82) is 0 Å². The summed E-state index contributed by atoms with van der Waals surface area (Å²) < 4.78 is 31.4. The van der Waals surface area contributed by atoms with Crippen LogP contribution >= 0.6 is 11.3 Å². The van der Waals surface area contributed by atoms with E-state index in [9.17, 15) is 8.42 Å². The van der Waals surface area contributed by atoms with Gasteiger partial charge in [0, 0.05) is 6.42 Å². The van der Waals surface area contributed by atoms with Crippen LogP contribution in [-0.2, 0) is 22.0 Å². The van der Waals surface area contributed by atoms with E-state index in [1.807, 2.05) is 17.5 Å². The Morgan fingerprint density at radius 2 is 2.24 bits per heavy atom. The quantitative estimate of drug-likeness (QED) is 0.579. The van der Waals surface area contributed by atoms with Gasteiger partial charge in [-0.3, -0.25) is 0 Å². The van der Waals surface area contributed by atoms with Crippen molar-refractivity contribution < 1.29 is 12.9 Å². The fourth-order valence-electron chi connectivity index (χ4n) is 2.48. The molecule has 4 rings (SSSR count). The molecular weight excluding hydrogens is 364 g/mol. The molecule has 25 heavy (non-hydrogen) atoms. The van der Waals surface area contributed by atoms with E-state index in [2.05, 4.69) is 25.7 Å². The molecule has 0 radical (unpaired) electrons. The van der Waals surface area contributed by atoms with Crippen molar-refractivity contribution in [2.75, 3.05) is 5.75 Å². The molecule has 3 heterocycles. The van der Waals surface area contributed by atoms with E-state index in [4.69, 9.17) is 4.52 Å². The van der Waals surface area contributed by atoms with Crippen molar-refractivity contribution in [3.05, 3.63) is 29.2 Å². The number of thiophene rings is 1. The van der Waals surface area contributed by atoms with E-state index >= 15 is 0 Å². The van der Waals surface area contributed by atoms with Crippen LogP contribution in [0.1, 0.15) is 37.0 Å². The predicted octanol–water partition coefficient (Wildman–Crippen LogP) is 1.67. The number of hydrogen-bond acceptors (Lipinski definition) is 9. The Bertz CT molecular complexity index is 943. The summed E-state index contributed by atoms with van der Waals surface area (Å²) in [6, 6.07) is 4.08. The first-order valence-corrected chi connectivity index (χ1v) is 10.6. The molecule has 0 aromatic carbocycles. The zero-order chi connectivity index (χ0) is 17.3. The third kappa shape index (κ3) is 3.93. The summed E-state index contributed by atoms with van der Waals surface area (Å²) in [6.45, 7) is 0. The van der Waals surface area contributed by atoms with Crippen molar-refractivity contribution in [2.45, 2.75) is 37.5 Å². The normalized spacial score (nSPS) is 14.9. The second-order valence-electron chi connectivity index (χ2n) is 5.96. The first-order chi connectivity index (χ1) is 12.1. The van der Waals surface area contributed by atoms with Crippen LogP contribution in [0.3, 0.4) is 0 Å². The van der Waals surface area contributed by atoms with Gasteiger partial charge < -0.3 is 4.52 Å². The topological polar surface area (TPSA) is 117 Å². The molecule has 1 aliphatic rings. The van der Waals surface area contributed by atoms with Gasteiger partial charge in [0.25, 0.3) is 0 Å². The van der Waals surface area contributed by atoms with E-state index < -0.39 is 9.84 Å². The molecule has 0 spiro atoms. The summed E-state index contributed by atoms with van der Waals surface area (Å²) in [7, 11) is -3.29. The van der Waals surface area contributed by atoms with Crippen LogP contribution in [0.25, 0.3) is 10.7 Å². The minimum Gasteiger partial charge on any atom is -0.339 e. The van der Waals surface area contributed by atoms with Crippen molar-refractivity contribution in [3.63, 3.8) is 0 Å². The number of tetrazole rings is 1. The molecule has 1 fully saturated rings. The second-order valence-corrected chi connectivity index (χ2v) is 9.09.